The molecule has 1 atom stereocenters. The first-order chi connectivity index (χ1) is 5.70. The lowest BCUT2D eigenvalue weighted by Gasteiger charge is -2.19. The molecule has 0 amide bonds. The van der Waals surface area contributed by atoms with Crippen LogP contribution in [0.15, 0.2) is 0 Å². The van der Waals surface area contributed by atoms with Gasteiger partial charge in [-0.1, -0.05) is 13.8 Å². The van der Waals surface area contributed by atoms with Crippen LogP contribution < -0.4 is 0 Å². The van der Waals surface area contributed by atoms with Crippen LogP contribution in [0.2, 0.25) is 0 Å². The van der Waals surface area contributed by atoms with Crippen LogP contribution in [0.3, 0.4) is 0 Å². The quantitative estimate of drug-likeness (QED) is 0.631. The third-order valence-corrected chi connectivity index (χ3v) is 3.86. The summed E-state index contributed by atoms with van der Waals surface area (Å²) in [5.74, 6) is 3.78. The van der Waals surface area contributed by atoms with Crippen molar-refractivity contribution in [1.82, 2.24) is 4.90 Å². The van der Waals surface area contributed by atoms with E-state index in [0.717, 1.165) is 5.25 Å². The van der Waals surface area contributed by atoms with Gasteiger partial charge in [0.25, 0.3) is 0 Å². The zero-order valence-corrected chi connectivity index (χ0v) is 10.3. The second kappa shape index (κ2) is 8.27. The SMILES string of the molecule is CCSCC(CN(C)C)SCC. The molecule has 0 fully saturated rings. The Labute approximate surface area is 85.7 Å². The van der Waals surface area contributed by atoms with E-state index in [1.165, 1.54) is 23.8 Å². The minimum Gasteiger partial charge on any atom is -0.308 e. The molecule has 1 unspecified atom stereocenters. The predicted molar refractivity (Wildman–Crippen MR) is 63.5 cm³/mol. The van der Waals surface area contributed by atoms with Crippen molar-refractivity contribution in [2.75, 3.05) is 37.9 Å². The van der Waals surface area contributed by atoms with Crippen molar-refractivity contribution in [2.24, 2.45) is 0 Å². The van der Waals surface area contributed by atoms with Gasteiger partial charge in [-0.2, -0.15) is 23.5 Å². The zero-order chi connectivity index (χ0) is 9.40. The minimum absolute atomic E-state index is 0.815. The second-order valence-electron chi connectivity index (χ2n) is 3.00. The Morgan fingerprint density at radius 3 is 2.25 bits per heavy atom. The molecule has 74 valence electrons. The zero-order valence-electron chi connectivity index (χ0n) is 8.67. The first kappa shape index (κ1) is 12.7. The number of nitrogens with zero attached hydrogens (tertiary/aromatic N) is 1. The summed E-state index contributed by atoms with van der Waals surface area (Å²) >= 11 is 4.13. The molecule has 3 heteroatoms. The highest BCUT2D eigenvalue weighted by molar-refractivity contribution is 8.03. The van der Waals surface area contributed by atoms with Gasteiger partial charge in [-0.05, 0) is 25.6 Å². The Morgan fingerprint density at radius 2 is 1.83 bits per heavy atom. The lowest BCUT2D eigenvalue weighted by Crippen LogP contribution is -2.25. The maximum Gasteiger partial charge on any atom is 0.0265 e. The average molecular weight is 207 g/mol. The standard InChI is InChI=1S/C9H21NS2/c1-5-11-8-9(12-6-2)7-10(3)4/h9H,5-8H2,1-4H3. The lowest BCUT2D eigenvalue weighted by molar-refractivity contribution is 0.415. The van der Waals surface area contributed by atoms with Gasteiger partial charge in [-0.15, -0.1) is 0 Å². The van der Waals surface area contributed by atoms with E-state index in [4.69, 9.17) is 0 Å². The molecule has 0 saturated heterocycles. The van der Waals surface area contributed by atoms with E-state index in [1.54, 1.807) is 0 Å². The summed E-state index contributed by atoms with van der Waals surface area (Å²) < 4.78 is 0. The molecule has 0 aromatic rings. The van der Waals surface area contributed by atoms with Crippen LogP contribution in [-0.2, 0) is 0 Å². The van der Waals surface area contributed by atoms with Gasteiger partial charge in [0.05, 0.1) is 0 Å². The van der Waals surface area contributed by atoms with Gasteiger partial charge in [-0.25, -0.2) is 0 Å². The molecule has 0 rings (SSSR count). The number of thioether (sulfide) groups is 2. The van der Waals surface area contributed by atoms with Gasteiger partial charge in [-0.3, -0.25) is 0 Å². The fraction of sp³-hybridized carbons (Fsp3) is 1.00. The summed E-state index contributed by atoms with van der Waals surface area (Å²) in [6.07, 6.45) is 0. The summed E-state index contributed by atoms with van der Waals surface area (Å²) in [6.45, 7) is 5.68. The highest BCUT2D eigenvalue weighted by atomic mass is 32.2. The molecule has 12 heavy (non-hydrogen) atoms. The molecule has 0 radical (unpaired) electrons. The van der Waals surface area contributed by atoms with E-state index >= 15 is 0 Å². The fourth-order valence-corrected chi connectivity index (χ4v) is 3.20. The van der Waals surface area contributed by atoms with E-state index in [1.807, 2.05) is 0 Å². The van der Waals surface area contributed by atoms with Crippen molar-refractivity contribution in [3.05, 3.63) is 0 Å². The third kappa shape index (κ3) is 7.32. The van der Waals surface area contributed by atoms with Crippen molar-refractivity contribution < 1.29 is 0 Å². The Balaban J connectivity index is 3.54. The van der Waals surface area contributed by atoms with Crippen LogP contribution in [0.4, 0.5) is 0 Å². The van der Waals surface area contributed by atoms with E-state index < -0.39 is 0 Å². The first-order valence-corrected chi connectivity index (χ1v) is 6.75. The van der Waals surface area contributed by atoms with Gasteiger partial charge in [0.15, 0.2) is 0 Å². The normalized spacial score (nSPS) is 13.8. The Hall–Kier alpha value is 0.660. The van der Waals surface area contributed by atoms with Crippen LogP contribution in [0.25, 0.3) is 0 Å². The summed E-state index contributed by atoms with van der Waals surface area (Å²) in [5, 5.41) is 0.815. The van der Waals surface area contributed by atoms with Gasteiger partial charge in [0, 0.05) is 17.5 Å². The number of hydrogen-bond acceptors (Lipinski definition) is 3. The van der Waals surface area contributed by atoms with Crippen LogP contribution in [0.5, 0.6) is 0 Å². The highest BCUT2D eigenvalue weighted by Crippen LogP contribution is 2.16. The minimum atomic E-state index is 0.815. The van der Waals surface area contributed by atoms with Crippen LogP contribution in [0.1, 0.15) is 13.8 Å². The van der Waals surface area contributed by atoms with Crippen molar-refractivity contribution >= 4 is 23.5 Å². The number of rotatable bonds is 7. The molecular formula is C9H21NS2. The third-order valence-electron chi connectivity index (χ3n) is 1.48. The molecule has 0 saturated carbocycles. The molecular weight excluding hydrogens is 186 g/mol. The van der Waals surface area contributed by atoms with Crippen molar-refractivity contribution in [3.63, 3.8) is 0 Å². The molecule has 0 bridgehead atoms. The van der Waals surface area contributed by atoms with Gasteiger partial charge in [0.1, 0.15) is 0 Å². The molecule has 0 aromatic heterocycles. The molecule has 0 aliphatic rings. The highest BCUT2D eigenvalue weighted by Gasteiger charge is 2.08. The van der Waals surface area contributed by atoms with E-state index in [-0.39, 0.29) is 0 Å². The number of hydrogen-bond donors (Lipinski definition) is 0. The molecule has 0 aliphatic heterocycles. The van der Waals surface area contributed by atoms with Crippen LogP contribution in [0, 0.1) is 0 Å². The topological polar surface area (TPSA) is 3.24 Å². The Bertz CT molecular complexity index is 96.5. The average Bonchev–Trinajstić information content (AvgIpc) is 2.00. The van der Waals surface area contributed by atoms with Crippen LogP contribution in [-0.4, -0.2) is 48.0 Å². The van der Waals surface area contributed by atoms with Crippen molar-refractivity contribution in [1.29, 1.82) is 0 Å². The van der Waals surface area contributed by atoms with E-state index in [0.29, 0.717) is 0 Å². The van der Waals surface area contributed by atoms with Gasteiger partial charge in [0.2, 0.25) is 0 Å². The summed E-state index contributed by atoms with van der Waals surface area (Å²) in [5.41, 5.74) is 0. The predicted octanol–water partition coefficient (Wildman–Crippen LogP) is 2.42. The van der Waals surface area contributed by atoms with E-state index in [2.05, 4.69) is 56.4 Å². The maximum atomic E-state index is 2.28. The maximum absolute atomic E-state index is 2.28. The van der Waals surface area contributed by atoms with Crippen molar-refractivity contribution in [3.8, 4) is 0 Å². The molecule has 0 heterocycles. The molecule has 0 aromatic carbocycles. The van der Waals surface area contributed by atoms with Crippen molar-refractivity contribution in [2.45, 2.75) is 19.1 Å². The van der Waals surface area contributed by atoms with E-state index in [9.17, 15) is 0 Å². The molecule has 1 nitrogen and oxygen atoms in total. The Kier molecular flexibility index (Phi) is 8.72. The molecule has 0 spiro atoms. The lowest BCUT2D eigenvalue weighted by atomic mass is 10.4. The van der Waals surface area contributed by atoms with Gasteiger partial charge >= 0.3 is 0 Å². The first-order valence-electron chi connectivity index (χ1n) is 4.54. The molecule has 0 N–H and O–H groups in total. The van der Waals surface area contributed by atoms with Gasteiger partial charge < -0.3 is 4.90 Å². The summed E-state index contributed by atoms with van der Waals surface area (Å²) in [6, 6.07) is 0. The fourth-order valence-electron chi connectivity index (χ4n) is 1.05. The largest absolute Gasteiger partial charge is 0.308 e. The van der Waals surface area contributed by atoms with Crippen LogP contribution >= 0.6 is 23.5 Å². The Morgan fingerprint density at radius 1 is 1.17 bits per heavy atom. The summed E-state index contributed by atoms with van der Waals surface area (Å²) in [4.78, 5) is 2.28. The summed E-state index contributed by atoms with van der Waals surface area (Å²) in [7, 11) is 4.31. The second-order valence-corrected chi connectivity index (χ2v) is 5.90. The molecule has 0 aliphatic carbocycles. The smallest absolute Gasteiger partial charge is 0.0265 e. The monoisotopic (exact) mass is 207 g/mol.